The van der Waals surface area contributed by atoms with Gasteiger partial charge in [-0.25, -0.2) is 9.89 Å². The highest BCUT2D eigenvalue weighted by Gasteiger charge is 2.59. The summed E-state index contributed by atoms with van der Waals surface area (Å²) in [6, 6.07) is -1.13. The first-order valence-electron chi connectivity index (χ1n) is 8.05. The number of aromatic nitrogens is 4. The van der Waals surface area contributed by atoms with E-state index in [1.807, 2.05) is 0 Å². The molecule has 14 heteroatoms. The fourth-order valence-corrected chi connectivity index (χ4v) is 5.84. The number of carbonyl (C=O) groups is 3. The molecule has 3 unspecified atom stereocenters. The lowest BCUT2D eigenvalue weighted by atomic mass is 9.84. The average Bonchev–Trinajstić information content (AvgIpc) is 3.16. The number of urea groups is 1. The van der Waals surface area contributed by atoms with E-state index >= 15 is 0 Å². The molecule has 0 saturated carbocycles. The summed E-state index contributed by atoms with van der Waals surface area (Å²) < 4.78 is 0. The molecule has 1 aromatic rings. The highest BCUT2D eigenvalue weighted by molar-refractivity contribution is 8.01. The third kappa shape index (κ3) is 3.80. The minimum Gasteiger partial charge on any atom is -0.481 e. The van der Waals surface area contributed by atoms with Crippen molar-refractivity contribution in [3.05, 3.63) is 0 Å². The lowest BCUT2D eigenvalue weighted by molar-refractivity contribution is -0.157. The Morgan fingerprint density at radius 2 is 2.37 bits per heavy atom. The summed E-state index contributed by atoms with van der Waals surface area (Å²) in [4.78, 5) is 37.8. The fraction of sp³-hybridized carbons (Fsp3) is 0.692. The van der Waals surface area contributed by atoms with Crippen molar-refractivity contribution in [1.82, 2.24) is 36.2 Å². The van der Waals surface area contributed by atoms with Gasteiger partial charge in [-0.3, -0.25) is 9.59 Å². The van der Waals surface area contributed by atoms with E-state index in [2.05, 4.69) is 31.3 Å². The van der Waals surface area contributed by atoms with Gasteiger partial charge in [0.2, 0.25) is 11.1 Å². The van der Waals surface area contributed by atoms with Gasteiger partial charge in [-0.15, -0.1) is 28.5 Å². The molecule has 0 aliphatic carbocycles. The predicted molar refractivity (Wildman–Crippen MR) is 98.6 cm³/mol. The molecule has 0 spiro atoms. The number of carboxylic acid groups (broad SMARTS) is 1. The lowest BCUT2D eigenvalue weighted by Crippen LogP contribution is -2.75. The van der Waals surface area contributed by atoms with Crippen LogP contribution in [0, 0.1) is 5.41 Å². The van der Waals surface area contributed by atoms with E-state index in [0.717, 1.165) is 0 Å². The molecule has 4 atom stereocenters. The molecule has 0 aromatic carbocycles. The number of H-pyrrole nitrogens is 1. The number of hydrogen-bond acceptors (Lipinski definition) is 8. The average molecular weight is 436 g/mol. The predicted octanol–water partition coefficient (Wildman–Crippen LogP) is -0.427. The van der Waals surface area contributed by atoms with Crippen molar-refractivity contribution in [3.63, 3.8) is 0 Å². The van der Waals surface area contributed by atoms with Crippen molar-refractivity contribution in [2.45, 2.75) is 28.7 Å². The molecule has 2 aliphatic heterocycles. The Kier molecular flexibility index (Phi) is 6.01. The number of halogens is 1. The Morgan fingerprint density at radius 3 is 3.00 bits per heavy atom. The molecule has 11 nitrogen and oxygen atoms in total. The zero-order valence-electron chi connectivity index (χ0n) is 14.2. The van der Waals surface area contributed by atoms with E-state index in [0.29, 0.717) is 17.5 Å². The minimum absolute atomic E-state index is 0.0655. The zero-order valence-corrected chi connectivity index (χ0v) is 16.6. The van der Waals surface area contributed by atoms with Crippen LogP contribution < -0.4 is 10.6 Å². The van der Waals surface area contributed by atoms with Crippen molar-refractivity contribution in [2.75, 3.05) is 24.7 Å². The standard InChI is InChI=1S/C13H18ClN7O4S2/c1-6(27-12-17-19-20-18-12)13(10(23)24)4-21-8(22)7(9(21)26-5-13)16-11(25)15-3-2-14/h6-7,9H,2-5H2,1H3,(H,23,24)(H2,15,16,25)(H,17,18,19,20)/t6?,7?,9-,13?/m1/s1. The maximum absolute atomic E-state index is 12.5. The molecule has 2 saturated heterocycles. The summed E-state index contributed by atoms with van der Waals surface area (Å²) >= 11 is 8.08. The van der Waals surface area contributed by atoms with Gasteiger partial charge in [-0.2, -0.15) is 0 Å². The quantitative estimate of drug-likeness (QED) is 0.254. The van der Waals surface area contributed by atoms with Crippen LogP contribution in [0.15, 0.2) is 5.16 Å². The number of nitrogens with zero attached hydrogens (tertiary/aromatic N) is 4. The molecule has 148 valence electrons. The third-order valence-electron chi connectivity index (χ3n) is 4.59. The van der Waals surface area contributed by atoms with E-state index in [1.54, 1.807) is 6.92 Å². The van der Waals surface area contributed by atoms with Crippen molar-refractivity contribution in [3.8, 4) is 0 Å². The normalized spacial score (nSPS) is 28.1. The van der Waals surface area contributed by atoms with Crippen molar-refractivity contribution in [2.24, 2.45) is 5.41 Å². The second-order valence-electron chi connectivity index (χ2n) is 6.16. The molecule has 0 radical (unpaired) electrons. The summed E-state index contributed by atoms with van der Waals surface area (Å²) in [7, 11) is 0. The Bertz CT molecular complexity index is 724. The summed E-state index contributed by atoms with van der Waals surface area (Å²) in [6.45, 7) is 2.14. The number of hydrogen-bond donors (Lipinski definition) is 4. The van der Waals surface area contributed by atoms with Crippen LogP contribution in [0.4, 0.5) is 4.79 Å². The molecule has 0 bridgehead atoms. The van der Waals surface area contributed by atoms with Crippen molar-refractivity contribution >= 4 is 53.0 Å². The first-order valence-corrected chi connectivity index (χ1v) is 10.5. The van der Waals surface area contributed by atoms with Crippen molar-refractivity contribution in [1.29, 1.82) is 0 Å². The van der Waals surface area contributed by atoms with Crippen LogP contribution in [-0.4, -0.2) is 89.9 Å². The smallest absolute Gasteiger partial charge is 0.315 e. The zero-order chi connectivity index (χ0) is 19.6. The summed E-state index contributed by atoms with van der Waals surface area (Å²) in [5, 5.41) is 28.1. The van der Waals surface area contributed by atoms with E-state index in [-0.39, 0.29) is 29.0 Å². The molecule has 3 heterocycles. The molecule has 2 fully saturated rings. The van der Waals surface area contributed by atoms with Gasteiger partial charge in [-0.05, 0) is 10.4 Å². The lowest BCUT2D eigenvalue weighted by Gasteiger charge is -2.54. The summed E-state index contributed by atoms with van der Waals surface area (Å²) in [5.74, 6) is -0.704. The highest BCUT2D eigenvalue weighted by atomic mass is 35.5. The molecule has 3 rings (SSSR count). The Labute approximate surface area is 167 Å². The molecular weight excluding hydrogens is 418 g/mol. The first-order chi connectivity index (χ1) is 12.9. The molecular formula is C13H18ClN7O4S2. The molecule has 2 aliphatic rings. The monoisotopic (exact) mass is 435 g/mol. The molecule has 1 aromatic heterocycles. The molecule has 27 heavy (non-hydrogen) atoms. The van der Waals surface area contributed by atoms with Gasteiger partial charge in [0.05, 0.1) is 0 Å². The second kappa shape index (κ2) is 8.10. The van der Waals surface area contributed by atoms with Crippen LogP contribution in [0.2, 0.25) is 0 Å². The minimum atomic E-state index is -1.15. The van der Waals surface area contributed by atoms with Crippen LogP contribution >= 0.6 is 35.1 Å². The number of amides is 3. The van der Waals surface area contributed by atoms with E-state index in [4.69, 9.17) is 11.6 Å². The Balaban J connectivity index is 1.66. The number of carboxylic acids is 1. The number of rotatable bonds is 7. The summed E-state index contributed by atoms with van der Waals surface area (Å²) in [5.41, 5.74) is -1.15. The van der Waals surface area contributed by atoms with Gasteiger partial charge in [0.1, 0.15) is 16.8 Å². The van der Waals surface area contributed by atoms with Crippen LogP contribution in [-0.2, 0) is 9.59 Å². The van der Waals surface area contributed by atoms with Gasteiger partial charge < -0.3 is 20.6 Å². The first kappa shape index (κ1) is 20.0. The number of tetrazole rings is 1. The van der Waals surface area contributed by atoms with Gasteiger partial charge in [0, 0.05) is 30.0 Å². The number of thioether (sulfide) groups is 2. The molecule has 3 amide bonds. The SMILES string of the molecule is CC(Sc1nnn[nH]1)C1(C(=O)O)CS[C@@H]2C(NC(=O)NCCCl)C(=O)N2C1. The number of aliphatic carboxylic acids is 1. The van der Waals surface area contributed by atoms with Crippen LogP contribution in [0.1, 0.15) is 6.92 Å². The van der Waals surface area contributed by atoms with Crippen LogP contribution in [0.3, 0.4) is 0 Å². The number of carbonyl (C=O) groups excluding carboxylic acids is 2. The topological polar surface area (TPSA) is 153 Å². The van der Waals surface area contributed by atoms with Crippen LogP contribution in [0.5, 0.6) is 0 Å². The number of alkyl halides is 1. The number of aromatic amines is 1. The van der Waals surface area contributed by atoms with Crippen LogP contribution in [0.25, 0.3) is 0 Å². The van der Waals surface area contributed by atoms with Gasteiger partial charge in [0.25, 0.3) is 0 Å². The van der Waals surface area contributed by atoms with E-state index in [9.17, 15) is 19.5 Å². The van der Waals surface area contributed by atoms with Gasteiger partial charge in [-0.1, -0.05) is 18.7 Å². The molecule has 4 N–H and O–H groups in total. The summed E-state index contributed by atoms with van der Waals surface area (Å²) in [6.07, 6.45) is 0. The fourth-order valence-electron chi connectivity index (χ4n) is 2.98. The Hall–Kier alpha value is -1.73. The number of nitrogens with one attached hydrogen (secondary N) is 3. The van der Waals surface area contributed by atoms with E-state index in [1.165, 1.54) is 28.4 Å². The van der Waals surface area contributed by atoms with Crippen molar-refractivity contribution < 1.29 is 19.5 Å². The number of β-lactam (4-membered cyclic amide) rings is 1. The van der Waals surface area contributed by atoms with Gasteiger partial charge >= 0.3 is 12.0 Å². The Morgan fingerprint density at radius 1 is 1.59 bits per heavy atom. The van der Waals surface area contributed by atoms with E-state index < -0.39 is 23.5 Å². The maximum atomic E-state index is 12.5. The third-order valence-corrected chi connectivity index (χ3v) is 7.53. The second-order valence-corrected chi connectivity index (χ2v) is 8.97. The highest BCUT2D eigenvalue weighted by Crippen LogP contribution is 2.47. The van der Waals surface area contributed by atoms with Gasteiger partial charge in [0.15, 0.2) is 0 Å². The number of fused-ring (bicyclic) bond motifs is 1. The maximum Gasteiger partial charge on any atom is 0.315 e. The largest absolute Gasteiger partial charge is 0.481 e.